The molecule has 15 heavy (non-hydrogen) atoms. The number of Topliss-reactive ketones (excluding diaryl/α,β-unsaturated/α-hetero) is 1. The standard InChI is InChI=1S/C11H11NO3/c1-7-3-5-9(6-4-7)11(14)10(12-15)8(2)13/h3-6,14H,1-2H3. The predicted molar refractivity (Wildman–Crippen MR) is 57.2 cm³/mol. The lowest BCUT2D eigenvalue weighted by atomic mass is 10.1. The lowest BCUT2D eigenvalue weighted by Gasteiger charge is -2.02. The Morgan fingerprint density at radius 1 is 1.27 bits per heavy atom. The fourth-order valence-electron chi connectivity index (χ4n) is 1.12. The minimum absolute atomic E-state index is 0.377. The molecule has 0 spiro atoms. The zero-order valence-electron chi connectivity index (χ0n) is 8.52. The van der Waals surface area contributed by atoms with Crippen molar-refractivity contribution in [3.63, 3.8) is 0 Å². The fourth-order valence-corrected chi connectivity index (χ4v) is 1.12. The maximum absolute atomic E-state index is 10.9. The Bertz CT molecular complexity index is 418. The van der Waals surface area contributed by atoms with Crippen LogP contribution in [-0.4, -0.2) is 10.9 Å². The number of aryl methyl sites for hydroxylation is 1. The molecule has 1 N–H and O–H groups in total. The third-order valence-corrected chi connectivity index (χ3v) is 1.97. The van der Waals surface area contributed by atoms with E-state index >= 15 is 0 Å². The Kier molecular flexibility index (Phi) is 3.33. The van der Waals surface area contributed by atoms with Crippen molar-refractivity contribution in [1.29, 1.82) is 0 Å². The Hall–Kier alpha value is -1.97. The number of carbonyl (C=O) groups is 1. The summed E-state index contributed by atoms with van der Waals surface area (Å²) in [5.74, 6) is -0.930. The minimum Gasteiger partial charge on any atom is -0.505 e. The highest BCUT2D eigenvalue weighted by atomic mass is 16.3. The molecular weight excluding hydrogens is 194 g/mol. The molecule has 78 valence electrons. The summed E-state index contributed by atoms with van der Waals surface area (Å²) in [7, 11) is 0. The number of nitrogens with zero attached hydrogens (tertiary/aromatic N) is 1. The van der Waals surface area contributed by atoms with Gasteiger partial charge in [-0.25, -0.2) is 0 Å². The Labute approximate surface area is 87.2 Å². The molecule has 0 unspecified atom stereocenters. The van der Waals surface area contributed by atoms with Crippen molar-refractivity contribution in [2.45, 2.75) is 13.8 Å². The molecule has 0 bridgehead atoms. The van der Waals surface area contributed by atoms with Crippen LogP contribution in [0.5, 0.6) is 0 Å². The van der Waals surface area contributed by atoms with E-state index in [9.17, 15) is 14.8 Å². The second-order valence-electron chi connectivity index (χ2n) is 3.21. The van der Waals surface area contributed by atoms with Gasteiger partial charge in [-0.2, -0.15) is 0 Å². The molecule has 0 aliphatic heterocycles. The monoisotopic (exact) mass is 205 g/mol. The first-order valence-corrected chi connectivity index (χ1v) is 4.41. The van der Waals surface area contributed by atoms with E-state index in [4.69, 9.17) is 0 Å². The summed E-state index contributed by atoms with van der Waals surface area (Å²) in [6.07, 6.45) is 0. The number of carbonyl (C=O) groups excluding carboxylic acids is 1. The van der Waals surface area contributed by atoms with Crippen LogP contribution in [0.2, 0.25) is 0 Å². The van der Waals surface area contributed by atoms with Crippen LogP contribution < -0.4 is 0 Å². The Morgan fingerprint density at radius 2 is 1.80 bits per heavy atom. The Morgan fingerprint density at radius 3 is 2.20 bits per heavy atom. The van der Waals surface area contributed by atoms with Crippen LogP contribution >= 0.6 is 0 Å². The molecule has 1 aromatic rings. The van der Waals surface area contributed by atoms with Crippen LogP contribution in [0.1, 0.15) is 18.1 Å². The van der Waals surface area contributed by atoms with Crippen molar-refractivity contribution in [3.05, 3.63) is 46.0 Å². The first-order valence-electron chi connectivity index (χ1n) is 4.41. The second kappa shape index (κ2) is 4.50. The van der Waals surface area contributed by atoms with E-state index in [0.29, 0.717) is 5.56 Å². The summed E-state index contributed by atoms with van der Waals surface area (Å²) in [5, 5.41) is 12.1. The maximum Gasteiger partial charge on any atom is 0.192 e. The second-order valence-corrected chi connectivity index (χ2v) is 3.21. The van der Waals surface area contributed by atoms with E-state index in [2.05, 4.69) is 5.18 Å². The molecule has 1 rings (SSSR count). The molecule has 0 aliphatic rings. The van der Waals surface area contributed by atoms with Crippen LogP contribution in [0.4, 0.5) is 0 Å². The van der Waals surface area contributed by atoms with Crippen molar-refractivity contribution in [3.8, 4) is 0 Å². The van der Waals surface area contributed by atoms with Gasteiger partial charge < -0.3 is 5.11 Å². The van der Waals surface area contributed by atoms with E-state index in [1.807, 2.05) is 6.92 Å². The zero-order chi connectivity index (χ0) is 11.4. The molecule has 0 aliphatic carbocycles. The number of hydrogen-bond donors (Lipinski definition) is 1. The molecule has 0 atom stereocenters. The summed E-state index contributed by atoms with van der Waals surface area (Å²) in [4.78, 5) is 21.3. The number of aliphatic hydroxyl groups excluding tert-OH is 1. The van der Waals surface area contributed by atoms with E-state index in [-0.39, 0.29) is 5.76 Å². The van der Waals surface area contributed by atoms with Crippen LogP contribution in [-0.2, 0) is 4.79 Å². The molecular formula is C11H11NO3. The Balaban J connectivity index is 3.22. The summed E-state index contributed by atoms with van der Waals surface area (Å²) in [6.45, 7) is 3.08. The first-order chi connectivity index (χ1) is 7.06. The quantitative estimate of drug-likeness (QED) is 0.468. The van der Waals surface area contributed by atoms with Crippen LogP contribution in [0.25, 0.3) is 5.76 Å². The SMILES string of the molecule is CC(=O)C(N=O)=C(O)c1ccc(C)cc1. The molecule has 0 amide bonds. The summed E-state index contributed by atoms with van der Waals surface area (Å²) in [5.41, 5.74) is 0.985. The van der Waals surface area contributed by atoms with Gasteiger partial charge in [-0.15, -0.1) is 4.91 Å². The minimum atomic E-state index is -0.553. The average Bonchev–Trinajstić information content (AvgIpc) is 2.19. The third kappa shape index (κ3) is 2.49. The number of hydrogen-bond acceptors (Lipinski definition) is 4. The van der Waals surface area contributed by atoms with E-state index < -0.39 is 11.5 Å². The number of aliphatic hydroxyl groups is 1. The maximum atomic E-state index is 10.9. The summed E-state index contributed by atoms with van der Waals surface area (Å²) >= 11 is 0. The van der Waals surface area contributed by atoms with Crippen molar-refractivity contribution >= 4 is 11.5 Å². The number of nitroso groups, excluding NO2 is 1. The van der Waals surface area contributed by atoms with Crippen molar-refractivity contribution in [1.82, 2.24) is 0 Å². The molecule has 4 nitrogen and oxygen atoms in total. The lowest BCUT2D eigenvalue weighted by Crippen LogP contribution is -1.98. The van der Waals surface area contributed by atoms with Gasteiger partial charge in [0, 0.05) is 12.5 Å². The van der Waals surface area contributed by atoms with Gasteiger partial charge in [0.15, 0.2) is 17.2 Å². The van der Waals surface area contributed by atoms with Gasteiger partial charge in [0.05, 0.1) is 0 Å². The van der Waals surface area contributed by atoms with Crippen molar-refractivity contribution in [2.24, 2.45) is 5.18 Å². The molecule has 0 saturated carbocycles. The number of ketones is 1. The van der Waals surface area contributed by atoms with Gasteiger partial charge in [-0.3, -0.25) is 4.79 Å². The molecule has 0 aromatic heterocycles. The highest BCUT2D eigenvalue weighted by Crippen LogP contribution is 2.17. The fraction of sp³-hybridized carbons (Fsp3) is 0.182. The molecule has 0 saturated heterocycles. The number of benzene rings is 1. The predicted octanol–water partition coefficient (Wildman–Crippen LogP) is 2.58. The van der Waals surface area contributed by atoms with Crippen LogP contribution in [0.3, 0.4) is 0 Å². The molecule has 1 aromatic carbocycles. The largest absolute Gasteiger partial charge is 0.505 e. The smallest absolute Gasteiger partial charge is 0.192 e. The average molecular weight is 205 g/mol. The number of allylic oxidation sites excluding steroid dienone is 1. The van der Waals surface area contributed by atoms with E-state index in [1.165, 1.54) is 6.92 Å². The van der Waals surface area contributed by atoms with Crippen molar-refractivity contribution in [2.75, 3.05) is 0 Å². The molecule has 0 fully saturated rings. The highest BCUT2D eigenvalue weighted by molar-refractivity contribution is 5.99. The van der Waals surface area contributed by atoms with Crippen LogP contribution in [0, 0.1) is 11.8 Å². The normalized spacial score (nSPS) is 11.9. The van der Waals surface area contributed by atoms with E-state index in [0.717, 1.165) is 5.56 Å². The molecule has 4 heteroatoms. The lowest BCUT2D eigenvalue weighted by molar-refractivity contribution is -0.113. The van der Waals surface area contributed by atoms with Gasteiger partial charge in [0.1, 0.15) is 0 Å². The summed E-state index contributed by atoms with van der Waals surface area (Å²) < 4.78 is 0. The highest BCUT2D eigenvalue weighted by Gasteiger charge is 2.13. The number of rotatable bonds is 3. The van der Waals surface area contributed by atoms with E-state index in [1.54, 1.807) is 24.3 Å². The van der Waals surface area contributed by atoms with Gasteiger partial charge in [0.2, 0.25) is 0 Å². The topological polar surface area (TPSA) is 66.7 Å². The first kappa shape index (κ1) is 11.1. The third-order valence-electron chi connectivity index (χ3n) is 1.97. The van der Waals surface area contributed by atoms with Crippen LogP contribution in [0.15, 0.2) is 35.1 Å². The van der Waals surface area contributed by atoms with Gasteiger partial charge in [0.25, 0.3) is 0 Å². The zero-order valence-corrected chi connectivity index (χ0v) is 8.52. The molecule has 0 radical (unpaired) electrons. The van der Waals surface area contributed by atoms with Crippen molar-refractivity contribution < 1.29 is 9.90 Å². The molecule has 0 heterocycles. The van der Waals surface area contributed by atoms with Gasteiger partial charge in [-0.1, -0.05) is 29.8 Å². The van der Waals surface area contributed by atoms with Gasteiger partial charge >= 0.3 is 0 Å². The summed E-state index contributed by atoms with van der Waals surface area (Å²) in [6, 6.07) is 6.79. The van der Waals surface area contributed by atoms with Gasteiger partial charge in [-0.05, 0) is 12.1 Å².